The molecule has 0 aromatic heterocycles. The van der Waals surface area contributed by atoms with Crippen molar-refractivity contribution >= 4 is 40.6 Å². The number of methoxy groups -OCH3 is 1. The maximum Gasteiger partial charge on any atom is 0.408 e. The number of carbonyl (C=O) groups excluding carboxylic acids is 2. The summed E-state index contributed by atoms with van der Waals surface area (Å²) in [5, 5.41) is 2.76. The van der Waals surface area contributed by atoms with Gasteiger partial charge in [-0.25, -0.2) is 9.59 Å². The molecule has 0 aromatic carbocycles. The van der Waals surface area contributed by atoms with Gasteiger partial charge in [-0.3, -0.25) is 0 Å². The Balaban J connectivity index is 2.85. The largest absolute Gasteiger partial charge is 0.467 e. The Labute approximate surface area is 139 Å². The highest BCUT2D eigenvalue weighted by atomic mass is 79.9. The summed E-state index contributed by atoms with van der Waals surface area (Å²) in [7, 11) is 1.30. The van der Waals surface area contributed by atoms with E-state index in [2.05, 4.69) is 33.9 Å². The summed E-state index contributed by atoms with van der Waals surface area (Å²) in [6.07, 6.45) is 2.85. The normalized spacial score (nSPS) is 23.8. The molecule has 0 bridgehead atoms. The zero-order valence-corrected chi connectivity index (χ0v) is 15.2. The molecule has 0 radical (unpaired) electrons. The quantitative estimate of drug-likeness (QED) is 0.584. The van der Waals surface area contributed by atoms with Crippen molar-refractivity contribution < 1.29 is 19.1 Å². The lowest BCUT2D eigenvalue weighted by Crippen LogP contribution is -2.49. The van der Waals surface area contributed by atoms with Crippen LogP contribution in [0, 0.1) is 5.92 Å². The number of ether oxygens (including phenoxy) is 2. The van der Waals surface area contributed by atoms with E-state index in [1.165, 1.54) is 7.11 Å². The van der Waals surface area contributed by atoms with Crippen molar-refractivity contribution in [1.82, 2.24) is 5.32 Å². The van der Waals surface area contributed by atoms with Crippen molar-refractivity contribution in [2.45, 2.75) is 50.5 Å². The molecule has 1 aliphatic rings. The monoisotopic (exact) mass is 379 g/mol. The molecule has 120 valence electrons. The first-order chi connectivity index (χ1) is 9.64. The molecule has 1 aliphatic carbocycles. The molecule has 0 heterocycles. The van der Waals surface area contributed by atoms with Crippen LogP contribution in [-0.2, 0) is 14.3 Å². The van der Waals surface area contributed by atoms with Gasteiger partial charge in [0, 0.05) is 11.2 Å². The Morgan fingerprint density at radius 2 is 2.05 bits per heavy atom. The van der Waals surface area contributed by atoms with Crippen molar-refractivity contribution in [2.24, 2.45) is 5.92 Å². The van der Waals surface area contributed by atoms with E-state index in [-0.39, 0.29) is 11.2 Å². The van der Waals surface area contributed by atoms with Crippen LogP contribution in [0.15, 0.2) is 10.6 Å². The Hall–Kier alpha value is -0.690. The van der Waals surface area contributed by atoms with E-state index in [1.807, 2.05) is 6.08 Å². The summed E-state index contributed by atoms with van der Waals surface area (Å²) in [6, 6.07) is -0.781. The molecule has 0 fully saturated rings. The summed E-state index contributed by atoms with van der Waals surface area (Å²) >= 11 is 7.85. The average molecular weight is 380 g/mol. The molecule has 0 saturated carbocycles. The minimum atomic E-state index is -0.781. The van der Waals surface area contributed by atoms with Crippen LogP contribution < -0.4 is 5.32 Å². The third kappa shape index (κ3) is 5.90. The number of hydrogen-bond acceptors (Lipinski definition) is 5. The van der Waals surface area contributed by atoms with Gasteiger partial charge < -0.3 is 14.8 Å². The Kier molecular flexibility index (Phi) is 6.59. The first kappa shape index (κ1) is 18.4. The van der Waals surface area contributed by atoms with Crippen molar-refractivity contribution in [3.8, 4) is 0 Å². The molecule has 7 heteroatoms. The summed E-state index contributed by atoms with van der Waals surface area (Å²) < 4.78 is 10.8. The molecule has 0 saturated heterocycles. The second kappa shape index (κ2) is 7.54. The van der Waals surface area contributed by atoms with Crippen LogP contribution in [0.5, 0.6) is 0 Å². The molecule has 1 rings (SSSR count). The molecule has 21 heavy (non-hydrogen) atoms. The lowest BCUT2D eigenvalue weighted by atomic mass is 9.89. The molecule has 0 aromatic rings. The first-order valence-corrected chi connectivity index (χ1v) is 8.07. The first-order valence-electron chi connectivity index (χ1n) is 6.76. The number of alkyl carbamates (subject to hydrolysis) is 1. The minimum absolute atomic E-state index is 0.149. The number of amides is 1. The fraction of sp³-hybridized carbons (Fsp3) is 0.714. The van der Waals surface area contributed by atoms with Crippen LogP contribution in [0.4, 0.5) is 4.79 Å². The van der Waals surface area contributed by atoms with Gasteiger partial charge >= 0.3 is 12.1 Å². The number of hydrogen-bond donors (Lipinski definition) is 2. The van der Waals surface area contributed by atoms with E-state index in [9.17, 15) is 9.59 Å². The highest BCUT2D eigenvalue weighted by molar-refractivity contribution is 9.11. The Bertz CT molecular complexity index is 433. The second-order valence-corrected chi connectivity index (χ2v) is 7.53. The lowest BCUT2D eigenvalue weighted by molar-refractivity contribution is -0.144. The predicted octanol–water partition coefficient (Wildman–Crippen LogP) is 3.04. The molecule has 0 aliphatic heterocycles. The second-order valence-electron chi connectivity index (χ2n) is 5.95. The van der Waals surface area contributed by atoms with Gasteiger partial charge in [0.25, 0.3) is 0 Å². The molecular weight excluding hydrogens is 358 g/mol. The van der Waals surface area contributed by atoms with Crippen molar-refractivity contribution in [3.63, 3.8) is 0 Å². The number of nitrogens with one attached hydrogen (secondary N) is 1. The zero-order chi connectivity index (χ0) is 16.2. The number of esters is 1. The van der Waals surface area contributed by atoms with Crippen molar-refractivity contribution in [2.75, 3.05) is 7.11 Å². The molecule has 5 nitrogen and oxygen atoms in total. The smallest absolute Gasteiger partial charge is 0.408 e. The van der Waals surface area contributed by atoms with Gasteiger partial charge in [0.1, 0.15) is 11.6 Å². The molecule has 3 atom stereocenters. The molecule has 1 unspecified atom stereocenters. The standard InChI is InChI=1S/C14H22BrNO4S/c1-14(2,3)20-13(18)16-11(12(17)19-4)9-6-5-8(21)7-10(9)15/h7-9,11,21H,5-6H2,1-4H3,(H,16,18)/t8-,9?,11+/m0/s1. The number of thiol groups is 1. The average Bonchev–Trinajstić information content (AvgIpc) is 2.33. The predicted molar refractivity (Wildman–Crippen MR) is 87.7 cm³/mol. The fourth-order valence-electron chi connectivity index (χ4n) is 2.09. The van der Waals surface area contributed by atoms with Crippen LogP contribution in [0.2, 0.25) is 0 Å². The Morgan fingerprint density at radius 3 is 2.52 bits per heavy atom. The highest BCUT2D eigenvalue weighted by Crippen LogP contribution is 2.34. The van der Waals surface area contributed by atoms with Crippen LogP contribution in [-0.4, -0.2) is 36.1 Å². The number of rotatable bonds is 3. The molecule has 1 N–H and O–H groups in total. The molecule has 1 amide bonds. The van der Waals surface area contributed by atoms with Crippen LogP contribution in [0.25, 0.3) is 0 Å². The van der Waals surface area contributed by atoms with Gasteiger partial charge in [-0.05, 0) is 38.1 Å². The summed E-state index contributed by atoms with van der Waals surface area (Å²) in [5.41, 5.74) is -0.624. The molecule has 0 spiro atoms. The number of halogens is 1. The fourth-order valence-corrected chi connectivity index (χ4v) is 3.42. The van der Waals surface area contributed by atoms with E-state index >= 15 is 0 Å². The van der Waals surface area contributed by atoms with E-state index in [1.54, 1.807) is 20.8 Å². The summed E-state index contributed by atoms with van der Waals surface area (Å²) in [5.74, 6) is -0.665. The van der Waals surface area contributed by atoms with Crippen molar-refractivity contribution in [1.29, 1.82) is 0 Å². The van der Waals surface area contributed by atoms with Crippen LogP contribution in [0.3, 0.4) is 0 Å². The van der Waals surface area contributed by atoms with Crippen LogP contribution in [0.1, 0.15) is 33.6 Å². The summed E-state index contributed by atoms with van der Waals surface area (Å²) in [6.45, 7) is 5.30. The van der Waals surface area contributed by atoms with E-state index in [4.69, 9.17) is 9.47 Å². The Morgan fingerprint density at radius 1 is 1.43 bits per heavy atom. The topological polar surface area (TPSA) is 64.6 Å². The minimum Gasteiger partial charge on any atom is -0.467 e. The van der Waals surface area contributed by atoms with E-state index in [0.717, 1.165) is 17.3 Å². The lowest BCUT2D eigenvalue weighted by Gasteiger charge is -2.30. The maximum absolute atomic E-state index is 12.0. The van der Waals surface area contributed by atoms with E-state index in [0.29, 0.717) is 0 Å². The van der Waals surface area contributed by atoms with Gasteiger partial charge in [0.2, 0.25) is 0 Å². The SMILES string of the molecule is COC(=O)[C@H](NC(=O)OC(C)(C)C)C1CC[C@H](S)C=C1Br. The third-order valence-corrected chi connectivity index (χ3v) is 4.27. The van der Waals surface area contributed by atoms with Crippen LogP contribution >= 0.6 is 28.6 Å². The van der Waals surface area contributed by atoms with Gasteiger partial charge in [-0.1, -0.05) is 22.0 Å². The zero-order valence-electron chi connectivity index (χ0n) is 12.7. The van der Waals surface area contributed by atoms with E-state index < -0.39 is 23.7 Å². The highest BCUT2D eigenvalue weighted by Gasteiger charge is 2.35. The van der Waals surface area contributed by atoms with Gasteiger partial charge in [0.15, 0.2) is 0 Å². The van der Waals surface area contributed by atoms with Crippen molar-refractivity contribution in [3.05, 3.63) is 10.6 Å². The van der Waals surface area contributed by atoms with Gasteiger partial charge in [0.05, 0.1) is 7.11 Å². The molecular formula is C14H22BrNO4S. The maximum atomic E-state index is 12.0. The van der Waals surface area contributed by atoms with Gasteiger partial charge in [-0.2, -0.15) is 12.6 Å². The number of carbonyl (C=O) groups is 2. The third-order valence-electron chi connectivity index (χ3n) is 3.01. The van der Waals surface area contributed by atoms with Gasteiger partial charge in [-0.15, -0.1) is 0 Å². The summed E-state index contributed by atoms with van der Waals surface area (Å²) in [4.78, 5) is 23.9.